The number of ether oxygens (including phenoxy) is 2. The molecule has 2 aromatic rings. The van der Waals surface area contributed by atoms with Crippen LogP contribution in [0.5, 0.6) is 11.5 Å². The molecule has 20 heavy (non-hydrogen) atoms. The maximum Gasteiger partial charge on any atom is 0.231 e. The van der Waals surface area contributed by atoms with Crippen molar-refractivity contribution < 1.29 is 14.3 Å². The Bertz CT molecular complexity index is 685. The minimum absolute atomic E-state index is 0.00181. The van der Waals surface area contributed by atoms with E-state index in [-0.39, 0.29) is 18.6 Å². The second kappa shape index (κ2) is 4.23. The number of nitrogens with zero attached hydrogens (tertiary/aromatic N) is 1. The first-order valence-electron chi connectivity index (χ1n) is 6.44. The van der Waals surface area contributed by atoms with Crippen molar-refractivity contribution in [3.63, 3.8) is 0 Å². The largest absolute Gasteiger partial charge is 0.454 e. The molecule has 2 aliphatic rings. The molecule has 2 aliphatic heterocycles. The molecule has 1 aromatic carbocycles. The minimum Gasteiger partial charge on any atom is -0.454 e. The third-order valence-electron chi connectivity index (χ3n) is 3.67. The number of carbonyl (C=O) groups excluding carboxylic acids is 1. The fourth-order valence-corrected chi connectivity index (χ4v) is 2.73. The summed E-state index contributed by atoms with van der Waals surface area (Å²) < 4.78 is 10.8. The van der Waals surface area contributed by atoms with E-state index >= 15 is 0 Å². The number of aromatic nitrogens is 1. The summed E-state index contributed by atoms with van der Waals surface area (Å²) in [6.07, 6.45) is 3.95. The highest BCUT2D eigenvalue weighted by Gasteiger charge is 2.29. The van der Waals surface area contributed by atoms with Crippen LogP contribution in [0, 0.1) is 0 Å². The molecule has 100 valence electrons. The van der Waals surface area contributed by atoms with Crippen molar-refractivity contribution in [3.8, 4) is 11.5 Å². The highest BCUT2D eigenvalue weighted by atomic mass is 16.7. The molecular formula is C15H12N2O3. The Labute approximate surface area is 115 Å². The van der Waals surface area contributed by atoms with Crippen LogP contribution in [0.3, 0.4) is 0 Å². The van der Waals surface area contributed by atoms with Crippen LogP contribution >= 0.6 is 0 Å². The van der Waals surface area contributed by atoms with Gasteiger partial charge in [-0.05, 0) is 23.3 Å². The fraction of sp³-hybridized carbons (Fsp3) is 0.200. The highest BCUT2D eigenvalue weighted by Crippen LogP contribution is 2.44. The highest BCUT2D eigenvalue weighted by molar-refractivity contribution is 5.96. The van der Waals surface area contributed by atoms with Gasteiger partial charge < -0.3 is 14.8 Å². The lowest BCUT2D eigenvalue weighted by molar-refractivity contribution is -0.116. The molecule has 0 spiro atoms. The van der Waals surface area contributed by atoms with Gasteiger partial charge in [-0.25, -0.2) is 0 Å². The van der Waals surface area contributed by atoms with Crippen LogP contribution in [-0.2, 0) is 4.79 Å². The van der Waals surface area contributed by atoms with Crippen molar-refractivity contribution in [2.24, 2.45) is 0 Å². The molecule has 0 saturated heterocycles. The monoisotopic (exact) mass is 268 g/mol. The van der Waals surface area contributed by atoms with E-state index in [1.165, 1.54) is 0 Å². The lowest BCUT2D eigenvalue weighted by Gasteiger charge is -2.26. The minimum atomic E-state index is 0.00181. The summed E-state index contributed by atoms with van der Waals surface area (Å²) in [5.74, 6) is 1.41. The quantitative estimate of drug-likeness (QED) is 0.862. The van der Waals surface area contributed by atoms with Crippen molar-refractivity contribution in [1.82, 2.24) is 4.98 Å². The molecule has 0 radical (unpaired) electrons. The van der Waals surface area contributed by atoms with Crippen LogP contribution in [-0.4, -0.2) is 17.7 Å². The lowest BCUT2D eigenvalue weighted by Crippen LogP contribution is -2.23. The van der Waals surface area contributed by atoms with Gasteiger partial charge in [-0.3, -0.25) is 9.78 Å². The maximum absolute atomic E-state index is 11.9. The van der Waals surface area contributed by atoms with Crippen molar-refractivity contribution in [2.75, 3.05) is 12.1 Å². The summed E-state index contributed by atoms with van der Waals surface area (Å²) in [6, 6.07) is 7.66. The van der Waals surface area contributed by atoms with Crippen LogP contribution < -0.4 is 14.8 Å². The zero-order chi connectivity index (χ0) is 13.5. The number of carbonyl (C=O) groups is 1. The van der Waals surface area contributed by atoms with Gasteiger partial charge in [-0.2, -0.15) is 0 Å². The Kier molecular flexibility index (Phi) is 2.39. The van der Waals surface area contributed by atoms with Crippen LogP contribution in [0.1, 0.15) is 23.5 Å². The molecule has 0 fully saturated rings. The first-order chi connectivity index (χ1) is 9.81. The number of pyridine rings is 1. The first-order valence-corrected chi connectivity index (χ1v) is 6.44. The third kappa shape index (κ3) is 1.71. The van der Waals surface area contributed by atoms with E-state index in [0.29, 0.717) is 12.2 Å². The van der Waals surface area contributed by atoms with Gasteiger partial charge in [0.2, 0.25) is 12.7 Å². The molecule has 1 N–H and O–H groups in total. The fourth-order valence-electron chi connectivity index (χ4n) is 2.73. The number of hydrogen-bond acceptors (Lipinski definition) is 4. The molecule has 4 rings (SSSR count). The molecule has 3 heterocycles. The van der Waals surface area contributed by atoms with Crippen molar-refractivity contribution in [1.29, 1.82) is 0 Å². The summed E-state index contributed by atoms with van der Waals surface area (Å²) in [4.78, 5) is 16.0. The predicted octanol–water partition coefficient (Wildman–Crippen LogP) is 2.28. The van der Waals surface area contributed by atoms with Gasteiger partial charge in [0.05, 0.1) is 0 Å². The van der Waals surface area contributed by atoms with E-state index in [4.69, 9.17) is 9.47 Å². The van der Waals surface area contributed by atoms with Gasteiger partial charge in [0.25, 0.3) is 0 Å². The summed E-state index contributed by atoms with van der Waals surface area (Å²) in [7, 11) is 0. The van der Waals surface area contributed by atoms with Crippen molar-refractivity contribution in [2.45, 2.75) is 12.3 Å². The number of hydrogen-bond donors (Lipinski definition) is 1. The number of fused-ring (bicyclic) bond motifs is 2. The van der Waals surface area contributed by atoms with E-state index < -0.39 is 0 Å². The number of benzene rings is 1. The Morgan fingerprint density at radius 3 is 2.90 bits per heavy atom. The SMILES string of the molecule is O=C1C[C@H](c2cccnc2)c2cc3c(cc2N1)OCO3. The van der Waals surface area contributed by atoms with Gasteiger partial charge in [-0.1, -0.05) is 6.07 Å². The van der Waals surface area contributed by atoms with Crippen LogP contribution in [0.4, 0.5) is 5.69 Å². The third-order valence-corrected chi connectivity index (χ3v) is 3.67. The summed E-state index contributed by atoms with van der Waals surface area (Å²) in [5.41, 5.74) is 2.86. The zero-order valence-corrected chi connectivity index (χ0v) is 10.6. The summed E-state index contributed by atoms with van der Waals surface area (Å²) >= 11 is 0. The summed E-state index contributed by atoms with van der Waals surface area (Å²) in [6.45, 7) is 0.226. The Morgan fingerprint density at radius 1 is 1.25 bits per heavy atom. The molecule has 0 aliphatic carbocycles. The second-order valence-corrected chi connectivity index (χ2v) is 4.88. The van der Waals surface area contributed by atoms with Gasteiger partial charge in [0.15, 0.2) is 11.5 Å². The average molecular weight is 268 g/mol. The topological polar surface area (TPSA) is 60.5 Å². The maximum atomic E-state index is 11.9. The van der Waals surface area contributed by atoms with E-state index in [1.807, 2.05) is 24.3 Å². The van der Waals surface area contributed by atoms with E-state index in [2.05, 4.69) is 10.3 Å². The van der Waals surface area contributed by atoms with Crippen LogP contribution in [0.15, 0.2) is 36.7 Å². The number of anilines is 1. The molecule has 5 nitrogen and oxygen atoms in total. The van der Waals surface area contributed by atoms with Crippen LogP contribution in [0.25, 0.3) is 0 Å². The summed E-state index contributed by atoms with van der Waals surface area (Å²) in [5, 5.41) is 2.89. The molecule has 0 bridgehead atoms. The number of rotatable bonds is 1. The molecule has 0 unspecified atom stereocenters. The molecular weight excluding hydrogens is 256 g/mol. The second-order valence-electron chi connectivity index (χ2n) is 4.88. The number of amides is 1. The Morgan fingerprint density at radius 2 is 2.10 bits per heavy atom. The van der Waals surface area contributed by atoms with Gasteiger partial charge in [-0.15, -0.1) is 0 Å². The number of nitrogens with one attached hydrogen (secondary N) is 1. The Balaban J connectivity index is 1.86. The standard InChI is InChI=1S/C15H12N2O3/c18-15-5-10(9-2-1-3-16-7-9)11-4-13-14(20-8-19-13)6-12(11)17-15/h1-4,6-7,10H,5,8H2,(H,17,18)/t10-/m1/s1. The average Bonchev–Trinajstić information content (AvgIpc) is 2.92. The van der Waals surface area contributed by atoms with E-state index in [0.717, 1.165) is 22.6 Å². The first kappa shape index (κ1) is 11.3. The lowest BCUT2D eigenvalue weighted by atomic mass is 9.85. The van der Waals surface area contributed by atoms with Gasteiger partial charge >= 0.3 is 0 Å². The molecule has 5 heteroatoms. The molecule has 1 atom stereocenters. The van der Waals surface area contributed by atoms with Crippen molar-refractivity contribution >= 4 is 11.6 Å². The molecule has 0 saturated carbocycles. The van der Waals surface area contributed by atoms with Gasteiger partial charge in [0, 0.05) is 36.5 Å². The van der Waals surface area contributed by atoms with Crippen molar-refractivity contribution in [3.05, 3.63) is 47.8 Å². The van der Waals surface area contributed by atoms with E-state index in [9.17, 15) is 4.79 Å². The molecule has 1 aromatic heterocycles. The predicted molar refractivity (Wildman–Crippen MR) is 71.9 cm³/mol. The van der Waals surface area contributed by atoms with E-state index in [1.54, 1.807) is 12.4 Å². The molecule has 1 amide bonds. The zero-order valence-electron chi connectivity index (χ0n) is 10.6. The van der Waals surface area contributed by atoms with Crippen LogP contribution in [0.2, 0.25) is 0 Å². The smallest absolute Gasteiger partial charge is 0.231 e. The van der Waals surface area contributed by atoms with Gasteiger partial charge in [0.1, 0.15) is 0 Å². The normalized spacial score (nSPS) is 19.4. The Hall–Kier alpha value is -2.56.